The second kappa shape index (κ2) is 6.41. The van der Waals surface area contributed by atoms with E-state index < -0.39 is 10.0 Å². The van der Waals surface area contributed by atoms with Crippen molar-refractivity contribution in [1.29, 1.82) is 0 Å². The van der Waals surface area contributed by atoms with E-state index in [4.69, 9.17) is 21.1 Å². The van der Waals surface area contributed by atoms with Gasteiger partial charge in [0.05, 0.1) is 21.3 Å². The third-order valence-corrected chi connectivity index (χ3v) is 5.17. The first kappa shape index (κ1) is 16.7. The fourth-order valence-electron chi connectivity index (χ4n) is 2.45. The third kappa shape index (κ3) is 3.22. The molecule has 0 bridgehead atoms. The van der Waals surface area contributed by atoms with Gasteiger partial charge >= 0.3 is 0 Å². The Kier molecular flexibility index (Phi) is 4.47. The number of nitrogens with zero attached hydrogens (tertiary/aromatic N) is 1. The first-order chi connectivity index (χ1) is 11.4. The molecule has 24 heavy (non-hydrogen) atoms. The minimum absolute atomic E-state index is 0.0939. The van der Waals surface area contributed by atoms with Crippen LogP contribution in [0.3, 0.4) is 0 Å². The van der Waals surface area contributed by atoms with Crippen LogP contribution in [0, 0.1) is 0 Å². The summed E-state index contributed by atoms with van der Waals surface area (Å²) in [4.78, 5) is 1.85. The number of fused-ring (bicyclic) bond motifs is 1. The van der Waals surface area contributed by atoms with Crippen molar-refractivity contribution in [2.24, 2.45) is 0 Å². The maximum atomic E-state index is 12.7. The summed E-state index contributed by atoms with van der Waals surface area (Å²) >= 11 is 6.18. The van der Waals surface area contributed by atoms with E-state index in [1.54, 1.807) is 43.3 Å². The van der Waals surface area contributed by atoms with Gasteiger partial charge < -0.3 is 14.4 Å². The lowest BCUT2D eigenvalue weighted by molar-refractivity contribution is 0.171. The van der Waals surface area contributed by atoms with Gasteiger partial charge in [-0.25, -0.2) is 8.42 Å². The van der Waals surface area contributed by atoms with Gasteiger partial charge in [-0.1, -0.05) is 17.7 Å². The number of hydrogen-bond acceptors (Lipinski definition) is 5. The molecule has 0 amide bonds. The molecule has 0 saturated carbocycles. The lowest BCUT2D eigenvalue weighted by Crippen LogP contribution is -2.19. The zero-order valence-electron chi connectivity index (χ0n) is 13.2. The Bertz CT molecular complexity index is 868. The zero-order valence-corrected chi connectivity index (χ0v) is 14.8. The molecule has 128 valence electrons. The first-order valence-electron chi connectivity index (χ1n) is 7.27. The summed E-state index contributed by atoms with van der Waals surface area (Å²) in [6, 6.07) is 9.59. The maximum absolute atomic E-state index is 12.7. The molecule has 1 heterocycles. The summed E-state index contributed by atoms with van der Waals surface area (Å²) in [5, 5.41) is 0.461. The Morgan fingerprint density at radius 1 is 1.08 bits per heavy atom. The third-order valence-electron chi connectivity index (χ3n) is 3.50. The van der Waals surface area contributed by atoms with Crippen molar-refractivity contribution in [2.45, 2.75) is 4.90 Å². The molecule has 1 aliphatic heterocycles. The van der Waals surface area contributed by atoms with Crippen molar-refractivity contribution >= 4 is 33.0 Å². The van der Waals surface area contributed by atoms with E-state index >= 15 is 0 Å². The highest BCUT2D eigenvalue weighted by atomic mass is 35.5. The zero-order chi connectivity index (χ0) is 17.3. The van der Waals surface area contributed by atoms with Crippen LogP contribution in [0.15, 0.2) is 41.3 Å². The summed E-state index contributed by atoms with van der Waals surface area (Å²) in [5.74, 6) is 0.958. The maximum Gasteiger partial charge on any atom is 0.262 e. The molecule has 3 rings (SSSR count). The minimum Gasteiger partial charge on any atom is -0.486 e. The van der Waals surface area contributed by atoms with E-state index in [2.05, 4.69) is 4.72 Å². The largest absolute Gasteiger partial charge is 0.486 e. The van der Waals surface area contributed by atoms with Crippen molar-refractivity contribution in [3.8, 4) is 11.5 Å². The normalized spacial score (nSPS) is 13.5. The smallest absolute Gasteiger partial charge is 0.262 e. The van der Waals surface area contributed by atoms with Crippen LogP contribution in [0.1, 0.15) is 0 Å². The number of sulfonamides is 1. The molecule has 6 nitrogen and oxygen atoms in total. The molecule has 0 atom stereocenters. The van der Waals surface area contributed by atoms with Crippen LogP contribution in [0.5, 0.6) is 11.5 Å². The Morgan fingerprint density at radius 3 is 2.50 bits per heavy atom. The molecule has 2 aromatic carbocycles. The molecule has 0 aliphatic carbocycles. The number of nitrogens with one attached hydrogen (secondary N) is 1. The predicted molar refractivity (Wildman–Crippen MR) is 94.0 cm³/mol. The molecule has 0 spiro atoms. The summed E-state index contributed by atoms with van der Waals surface area (Å²) in [6.07, 6.45) is 0. The van der Waals surface area contributed by atoms with E-state index in [0.29, 0.717) is 41.1 Å². The van der Waals surface area contributed by atoms with Crippen LogP contribution < -0.4 is 19.1 Å². The van der Waals surface area contributed by atoms with E-state index in [0.717, 1.165) is 0 Å². The van der Waals surface area contributed by atoms with Gasteiger partial charge in [0.1, 0.15) is 13.2 Å². The summed E-state index contributed by atoms with van der Waals surface area (Å²) < 4.78 is 38.8. The number of benzene rings is 2. The molecule has 2 aromatic rings. The molecule has 1 N–H and O–H groups in total. The lowest BCUT2D eigenvalue weighted by atomic mass is 10.2. The Hall–Kier alpha value is -2.12. The molecular formula is C16H17ClN2O4S. The van der Waals surface area contributed by atoms with Gasteiger partial charge in [0.15, 0.2) is 11.5 Å². The number of ether oxygens (including phenoxy) is 2. The van der Waals surface area contributed by atoms with Crippen molar-refractivity contribution in [1.82, 2.24) is 0 Å². The number of para-hydroxylation sites is 1. The lowest BCUT2D eigenvalue weighted by Gasteiger charge is -2.21. The van der Waals surface area contributed by atoms with E-state index in [1.807, 2.05) is 0 Å². The second-order valence-corrected chi connectivity index (χ2v) is 7.53. The Balaban J connectivity index is 1.97. The summed E-state index contributed by atoms with van der Waals surface area (Å²) in [5.41, 5.74) is 1.00. The van der Waals surface area contributed by atoms with Crippen LogP contribution in [-0.4, -0.2) is 35.7 Å². The molecule has 0 fully saturated rings. The predicted octanol–water partition coefficient (Wildman–Crippen LogP) is 2.98. The molecular weight excluding hydrogens is 352 g/mol. The fourth-order valence-corrected chi connectivity index (χ4v) is 3.87. The molecule has 0 aromatic heterocycles. The summed E-state index contributed by atoms with van der Waals surface area (Å²) in [7, 11) is -0.201. The van der Waals surface area contributed by atoms with Crippen molar-refractivity contribution in [2.75, 3.05) is 36.9 Å². The Morgan fingerprint density at radius 2 is 1.79 bits per heavy atom. The number of hydrogen-bond donors (Lipinski definition) is 1. The molecule has 0 unspecified atom stereocenters. The highest BCUT2D eigenvalue weighted by Gasteiger charge is 2.21. The number of halogens is 1. The monoisotopic (exact) mass is 368 g/mol. The molecule has 0 saturated heterocycles. The average Bonchev–Trinajstić information content (AvgIpc) is 2.53. The van der Waals surface area contributed by atoms with Crippen LogP contribution in [0.4, 0.5) is 11.4 Å². The van der Waals surface area contributed by atoms with Gasteiger partial charge in [0, 0.05) is 20.2 Å². The SMILES string of the molecule is CN(C)c1c(Cl)cccc1NS(=O)(=O)c1ccc2c(c1)OCCO2. The fraction of sp³-hybridized carbons (Fsp3) is 0.250. The first-order valence-corrected chi connectivity index (χ1v) is 9.13. The molecule has 0 radical (unpaired) electrons. The quantitative estimate of drug-likeness (QED) is 0.898. The minimum atomic E-state index is -3.79. The van der Waals surface area contributed by atoms with E-state index in [9.17, 15) is 8.42 Å². The van der Waals surface area contributed by atoms with Crippen LogP contribution >= 0.6 is 11.6 Å². The number of rotatable bonds is 4. The molecule has 1 aliphatic rings. The average molecular weight is 369 g/mol. The standard InChI is InChI=1S/C16H17ClN2O4S/c1-19(2)16-12(17)4-3-5-13(16)18-24(20,21)11-6-7-14-15(10-11)23-9-8-22-14/h3-7,10,18H,8-9H2,1-2H3. The highest BCUT2D eigenvalue weighted by molar-refractivity contribution is 7.92. The highest BCUT2D eigenvalue weighted by Crippen LogP contribution is 2.36. The summed E-state index contributed by atoms with van der Waals surface area (Å²) in [6.45, 7) is 0.842. The second-order valence-electron chi connectivity index (χ2n) is 5.44. The molecule has 8 heteroatoms. The Labute approximate surface area is 146 Å². The van der Waals surface area contributed by atoms with Gasteiger partial charge in [0.2, 0.25) is 0 Å². The van der Waals surface area contributed by atoms with E-state index in [1.165, 1.54) is 12.1 Å². The van der Waals surface area contributed by atoms with Gasteiger partial charge in [-0.15, -0.1) is 0 Å². The van der Waals surface area contributed by atoms with Gasteiger partial charge in [0.25, 0.3) is 10.0 Å². The van der Waals surface area contributed by atoms with Crippen LogP contribution in [0.25, 0.3) is 0 Å². The van der Waals surface area contributed by atoms with Crippen molar-refractivity contribution in [3.05, 3.63) is 41.4 Å². The topological polar surface area (TPSA) is 67.9 Å². The van der Waals surface area contributed by atoms with Crippen molar-refractivity contribution < 1.29 is 17.9 Å². The van der Waals surface area contributed by atoms with Gasteiger partial charge in [-0.05, 0) is 24.3 Å². The number of anilines is 2. The van der Waals surface area contributed by atoms with E-state index in [-0.39, 0.29) is 4.90 Å². The van der Waals surface area contributed by atoms with Gasteiger partial charge in [-0.2, -0.15) is 0 Å². The van der Waals surface area contributed by atoms with Crippen LogP contribution in [-0.2, 0) is 10.0 Å². The van der Waals surface area contributed by atoms with Crippen molar-refractivity contribution in [3.63, 3.8) is 0 Å². The van der Waals surface area contributed by atoms with Crippen LogP contribution in [0.2, 0.25) is 5.02 Å². The van der Waals surface area contributed by atoms with Gasteiger partial charge in [-0.3, -0.25) is 4.72 Å².